The topological polar surface area (TPSA) is 171 Å². The average molecular weight is 423 g/mol. The van der Waals surface area contributed by atoms with Gasteiger partial charge >= 0.3 is 6.03 Å². The number of amides is 2. The van der Waals surface area contributed by atoms with E-state index in [0.717, 1.165) is 11.1 Å². The summed E-state index contributed by atoms with van der Waals surface area (Å²) in [4.78, 5) is 12.5. The molecule has 0 radical (unpaired) electrons. The maximum atomic E-state index is 11.9. The van der Waals surface area contributed by atoms with Crippen molar-refractivity contribution in [3.8, 4) is 0 Å². The third-order valence-corrected chi connectivity index (χ3v) is 4.30. The highest BCUT2D eigenvalue weighted by molar-refractivity contribution is 7.90. The Kier molecular flexibility index (Phi) is 8.89. The summed E-state index contributed by atoms with van der Waals surface area (Å²) in [5.41, 5.74) is 6.45. The molecule has 27 heavy (non-hydrogen) atoms. The number of nitrogens with one attached hydrogen (secondary N) is 2. The Morgan fingerprint density at radius 1 is 1.26 bits per heavy atom. The summed E-state index contributed by atoms with van der Waals surface area (Å²) in [7, 11) is -5.40. The van der Waals surface area contributed by atoms with E-state index in [-0.39, 0.29) is 18.4 Å². The molecular formula is C15H26N4O6S2. The number of primary amides is 1. The number of benzene rings is 1. The zero-order valence-electron chi connectivity index (χ0n) is 15.8. The molecule has 0 bridgehead atoms. The van der Waals surface area contributed by atoms with Crippen molar-refractivity contribution >= 4 is 31.9 Å². The number of urea groups is 1. The molecule has 0 fully saturated rings. The van der Waals surface area contributed by atoms with E-state index in [9.17, 15) is 21.6 Å². The molecule has 0 aliphatic rings. The maximum absolute atomic E-state index is 11.9. The highest BCUT2D eigenvalue weighted by Crippen LogP contribution is 2.25. The largest absolute Gasteiger partial charge is 0.351 e. The molecule has 0 aromatic heterocycles. The maximum Gasteiger partial charge on any atom is 0.318 e. The van der Waals surface area contributed by atoms with Crippen LogP contribution in [-0.2, 0) is 26.5 Å². The molecule has 0 saturated heterocycles. The standard InChI is InChI=1S/C14H22N4O3S.CH4O3S/c1-9(2)11-6-5-10(7-12(11)22(4,20)21)8-18(3)13(15)17-14(16)19;1-5(2,3)4/h5-7,9H,8H2,1-4H3,(H4,15,16,17,19);1H3,(H,2,3,4). The van der Waals surface area contributed by atoms with Gasteiger partial charge in [-0.25, -0.2) is 13.2 Å². The molecule has 10 nitrogen and oxygen atoms in total. The van der Waals surface area contributed by atoms with Crippen LogP contribution >= 0.6 is 0 Å². The molecule has 1 aromatic rings. The van der Waals surface area contributed by atoms with Crippen LogP contribution in [0, 0.1) is 5.41 Å². The molecule has 0 atom stereocenters. The summed E-state index contributed by atoms with van der Waals surface area (Å²) in [5, 5.41) is 9.82. The Hall–Kier alpha value is -2.18. The first kappa shape index (κ1) is 24.8. The van der Waals surface area contributed by atoms with Gasteiger partial charge in [-0.15, -0.1) is 0 Å². The minimum absolute atomic E-state index is 0.0892. The molecule has 12 heteroatoms. The van der Waals surface area contributed by atoms with Crippen LogP contribution in [0.2, 0.25) is 0 Å². The lowest BCUT2D eigenvalue weighted by molar-refractivity contribution is 0.251. The summed E-state index contributed by atoms with van der Waals surface area (Å²) in [6, 6.07) is 4.40. The second kappa shape index (κ2) is 9.67. The molecule has 0 spiro atoms. The molecule has 0 aliphatic carbocycles. The van der Waals surface area contributed by atoms with E-state index in [2.05, 4.69) is 5.32 Å². The summed E-state index contributed by atoms with van der Waals surface area (Å²) >= 11 is 0. The van der Waals surface area contributed by atoms with E-state index in [1.807, 2.05) is 19.9 Å². The lowest BCUT2D eigenvalue weighted by atomic mass is 10.0. The first-order valence-corrected chi connectivity index (χ1v) is 11.4. The van der Waals surface area contributed by atoms with Crippen LogP contribution in [0.25, 0.3) is 0 Å². The van der Waals surface area contributed by atoms with E-state index in [1.54, 1.807) is 19.2 Å². The second-order valence-corrected chi connectivity index (χ2v) is 9.68. The van der Waals surface area contributed by atoms with Crippen LogP contribution in [-0.4, -0.2) is 57.8 Å². The molecule has 0 heterocycles. The van der Waals surface area contributed by atoms with Gasteiger partial charge in [0, 0.05) is 19.8 Å². The van der Waals surface area contributed by atoms with Crippen molar-refractivity contribution < 1.29 is 26.2 Å². The summed E-state index contributed by atoms with van der Waals surface area (Å²) in [6.07, 6.45) is 1.89. The molecular weight excluding hydrogens is 396 g/mol. The fourth-order valence-electron chi connectivity index (χ4n) is 2.04. The quantitative estimate of drug-likeness (QED) is 0.315. The Labute approximate surface area is 159 Å². The van der Waals surface area contributed by atoms with Crippen LogP contribution < -0.4 is 11.1 Å². The van der Waals surface area contributed by atoms with Crippen LogP contribution in [0.1, 0.15) is 30.9 Å². The summed E-state index contributed by atoms with van der Waals surface area (Å²) < 4.78 is 49.8. The molecule has 0 unspecified atom stereocenters. The summed E-state index contributed by atoms with van der Waals surface area (Å²) in [5.74, 6) is -0.0623. The van der Waals surface area contributed by atoms with Crippen molar-refractivity contribution in [3.63, 3.8) is 0 Å². The number of rotatable bonds is 4. The molecule has 5 N–H and O–H groups in total. The monoisotopic (exact) mass is 422 g/mol. The first-order valence-electron chi connectivity index (χ1n) is 7.63. The van der Waals surface area contributed by atoms with Gasteiger partial charge in [-0.05, 0) is 23.1 Å². The van der Waals surface area contributed by atoms with Gasteiger partial charge in [0.05, 0.1) is 11.2 Å². The van der Waals surface area contributed by atoms with Crippen molar-refractivity contribution in [3.05, 3.63) is 29.3 Å². The van der Waals surface area contributed by atoms with Crippen LogP contribution in [0.5, 0.6) is 0 Å². The Bertz CT molecular complexity index is 887. The van der Waals surface area contributed by atoms with E-state index >= 15 is 0 Å². The number of nitrogens with zero attached hydrogens (tertiary/aromatic N) is 1. The predicted octanol–water partition coefficient (Wildman–Crippen LogP) is 0.752. The van der Waals surface area contributed by atoms with Gasteiger partial charge in [-0.3, -0.25) is 15.3 Å². The average Bonchev–Trinajstić information content (AvgIpc) is 2.43. The van der Waals surface area contributed by atoms with Gasteiger partial charge in [0.25, 0.3) is 10.1 Å². The Morgan fingerprint density at radius 2 is 1.74 bits per heavy atom. The third kappa shape index (κ3) is 10.5. The van der Waals surface area contributed by atoms with Crippen molar-refractivity contribution in [2.75, 3.05) is 19.6 Å². The van der Waals surface area contributed by atoms with Crippen LogP contribution in [0.4, 0.5) is 4.79 Å². The highest BCUT2D eigenvalue weighted by atomic mass is 32.2. The second-order valence-electron chi connectivity index (χ2n) is 6.23. The number of sulfone groups is 1. The van der Waals surface area contributed by atoms with Crippen molar-refractivity contribution in [1.82, 2.24) is 10.2 Å². The minimum atomic E-state index is -3.67. The summed E-state index contributed by atoms with van der Waals surface area (Å²) in [6.45, 7) is 4.14. The molecule has 0 aliphatic heterocycles. The lowest BCUT2D eigenvalue weighted by Crippen LogP contribution is -2.43. The van der Waals surface area contributed by atoms with Crippen molar-refractivity contribution in [2.45, 2.75) is 31.2 Å². The molecule has 0 saturated carbocycles. The third-order valence-electron chi connectivity index (χ3n) is 3.14. The van der Waals surface area contributed by atoms with Gasteiger partial charge < -0.3 is 10.6 Å². The molecule has 1 rings (SSSR count). The number of guanidine groups is 1. The zero-order chi connectivity index (χ0) is 21.6. The smallest absolute Gasteiger partial charge is 0.318 e. The van der Waals surface area contributed by atoms with Gasteiger partial charge in [0.1, 0.15) is 0 Å². The number of hydrogen-bond donors (Lipinski definition) is 4. The molecule has 2 amide bonds. The SMILES string of the molecule is CC(C)c1ccc(CN(C)C(=N)NC(N)=O)cc1S(C)(=O)=O.CS(=O)(=O)O. The van der Waals surface area contributed by atoms with Gasteiger partial charge in [0.2, 0.25) is 0 Å². The fourth-order valence-corrected chi connectivity index (χ4v) is 3.14. The van der Waals surface area contributed by atoms with E-state index in [1.165, 1.54) is 11.2 Å². The first-order chi connectivity index (χ1) is 12.0. The van der Waals surface area contributed by atoms with E-state index < -0.39 is 26.0 Å². The number of carbonyl (C=O) groups is 1. The van der Waals surface area contributed by atoms with Crippen molar-refractivity contribution in [2.24, 2.45) is 5.73 Å². The fraction of sp³-hybridized carbons (Fsp3) is 0.467. The van der Waals surface area contributed by atoms with E-state index in [4.69, 9.17) is 15.7 Å². The minimum Gasteiger partial charge on any atom is -0.351 e. The van der Waals surface area contributed by atoms with E-state index in [0.29, 0.717) is 11.2 Å². The van der Waals surface area contributed by atoms with Gasteiger partial charge in [0.15, 0.2) is 15.8 Å². The van der Waals surface area contributed by atoms with Crippen LogP contribution in [0.15, 0.2) is 23.1 Å². The lowest BCUT2D eigenvalue weighted by Gasteiger charge is -2.21. The molecule has 1 aromatic carbocycles. The Balaban J connectivity index is 0.00000119. The number of carbonyl (C=O) groups excluding carboxylic acids is 1. The number of nitrogens with two attached hydrogens (primary N) is 1. The van der Waals surface area contributed by atoms with Crippen molar-refractivity contribution in [1.29, 1.82) is 5.41 Å². The molecule has 154 valence electrons. The normalized spacial score (nSPS) is 11.4. The van der Waals surface area contributed by atoms with Gasteiger partial charge in [-0.2, -0.15) is 8.42 Å². The predicted molar refractivity (Wildman–Crippen MR) is 103 cm³/mol. The highest BCUT2D eigenvalue weighted by Gasteiger charge is 2.17. The Morgan fingerprint density at radius 3 is 2.11 bits per heavy atom. The number of hydrogen-bond acceptors (Lipinski definition) is 6. The van der Waals surface area contributed by atoms with Gasteiger partial charge in [-0.1, -0.05) is 26.0 Å². The van der Waals surface area contributed by atoms with Crippen LogP contribution in [0.3, 0.4) is 0 Å². The zero-order valence-corrected chi connectivity index (χ0v) is 17.5.